The molecule has 3 nitrogen and oxygen atoms in total. The lowest BCUT2D eigenvalue weighted by Crippen LogP contribution is -2.20. The summed E-state index contributed by atoms with van der Waals surface area (Å²) in [4.78, 5) is 2.34. The van der Waals surface area contributed by atoms with Gasteiger partial charge in [0.25, 0.3) is 0 Å². The standard InChI is InChI=1S/C48H31N2OPS/c51-52(36-15-5-2-6-16-36)43-21-11-8-19-41(43)47-44(52)30-29-40-37-17-7-10-20-42(37)50(48(40)47)34-25-23-33(24-26-34)49(32-13-3-1-4-14-32)35-27-28-39-38-18-9-12-22-45(38)53-46(39)31-35/h1-31H. The zero-order valence-corrected chi connectivity index (χ0v) is 30.3. The molecule has 2 aromatic heterocycles. The number of aromatic nitrogens is 1. The molecule has 0 aliphatic carbocycles. The highest BCUT2D eigenvalue weighted by molar-refractivity contribution is 7.86. The Morgan fingerprint density at radius 3 is 1.92 bits per heavy atom. The van der Waals surface area contributed by atoms with Crippen LogP contribution in [0.4, 0.5) is 17.1 Å². The molecule has 0 saturated carbocycles. The number of rotatable bonds is 5. The molecule has 8 aromatic carbocycles. The first-order chi connectivity index (χ1) is 26.2. The maximum Gasteiger partial charge on any atom is 0.172 e. The lowest BCUT2D eigenvalue weighted by molar-refractivity contribution is 0.593. The van der Waals surface area contributed by atoms with E-state index in [4.69, 9.17) is 0 Å². The van der Waals surface area contributed by atoms with Crippen LogP contribution in [0.2, 0.25) is 0 Å². The maximum absolute atomic E-state index is 15.5. The van der Waals surface area contributed by atoms with Crippen molar-refractivity contribution >= 4 is 93.4 Å². The van der Waals surface area contributed by atoms with Crippen LogP contribution in [-0.4, -0.2) is 4.57 Å². The first kappa shape index (κ1) is 30.4. The zero-order valence-electron chi connectivity index (χ0n) is 28.6. The van der Waals surface area contributed by atoms with Crippen molar-refractivity contribution in [2.24, 2.45) is 0 Å². The summed E-state index contributed by atoms with van der Waals surface area (Å²) in [6, 6.07) is 66.2. The van der Waals surface area contributed by atoms with Gasteiger partial charge >= 0.3 is 0 Å². The number of nitrogens with zero attached hydrogens (tertiary/aromatic N) is 2. The van der Waals surface area contributed by atoms with Gasteiger partial charge in [-0.05, 0) is 72.3 Å². The molecule has 0 amide bonds. The summed E-state index contributed by atoms with van der Waals surface area (Å²) in [7, 11) is -3.10. The molecule has 1 atom stereocenters. The summed E-state index contributed by atoms with van der Waals surface area (Å²) in [5.74, 6) is 0. The topological polar surface area (TPSA) is 25.2 Å². The van der Waals surface area contributed by atoms with E-state index in [2.05, 4.69) is 161 Å². The van der Waals surface area contributed by atoms with Gasteiger partial charge < -0.3 is 14.0 Å². The van der Waals surface area contributed by atoms with Gasteiger partial charge in [0.1, 0.15) is 0 Å². The molecule has 0 spiro atoms. The molecule has 0 saturated heterocycles. The van der Waals surface area contributed by atoms with Gasteiger partial charge in [0.05, 0.1) is 11.0 Å². The monoisotopic (exact) mass is 714 g/mol. The van der Waals surface area contributed by atoms with E-state index in [-0.39, 0.29) is 0 Å². The van der Waals surface area contributed by atoms with E-state index < -0.39 is 7.14 Å². The van der Waals surface area contributed by atoms with Crippen LogP contribution in [0.25, 0.3) is 58.8 Å². The van der Waals surface area contributed by atoms with Crippen molar-refractivity contribution in [3.8, 4) is 16.8 Å². The molecule has 0 radical (unpaired) electrons. The van der Waals surface area contributed by atoms with Crippen molar-refractivity contribution in [2.45, 2.75) is 0 Å². The molecular formula is C48H31N2OPS. The third-order valence-corrected chi connectivity index (χ3v) is 15.1. The molecule has 53 heavy (non-hydrogen) atoms. The van der Waals surface area contributed by atoms with E-state index in [1.165, 1.54) is 25.6 Å². The Bertz CT molecular complexity index is 3090. The minimum absolute atomic E-state index is 0.868. The van der Waals surface area contributed by atoms with Gasteiger partial charge in [0.2, 0.25) is 0 Å². The van der Waals surface area contributed by atoms with E-state index in [1.54, 1.807) is 0 Å². The Morgan fingerprint density at radius 2 is 1.09 bits per heavy atom. The molecule has 1 unspecified atom stereocenters. The van der Waals surface area contributed by atoms with Crippen molar-refractivity contribution in [1.29, 1.82) is 0 Å². The van der Waals surface area contributed by atoms with Crippen LogP contribution >= 0.6 is 18.5 Å². The predicted molar refractivity (Wildman–Crippen MR) is 227 cm³/mol. The number of hydrogen-bond acceptors (Lipinski definition) is 3. The van der Waals surface area contributed by atoms with Gasteiger partial charge in [-0.25, -0.2) is 0 Å². The van der Waals surface area contributed by atoms with Crippen molar-refractivity contribution in [2.75, 3.05) is 4.90 Å². The Kier molecular flexibility index (Phi) is 6.70. The first-order valence-corrected chi connectivity index (χ1v) is 20.4. The maximum atomic E-state index is 15.5. The smallest absolute Gasteiger partial charge is 0.172 e. The van der Waals surface area contributed by atoms with Crippen LogP contribution in [0.1, 0.15) is 0 Å². The number of thiophene rings is 1. The second-order valence-electron chi connectivity index (χ2n) is 13.6. The minimum Gasteiger partial charge on any atom is -0.310 e. The van der Waals surface area contributed by atoms with E-state index in [9.17, 15) is 0 Å². The van der Waals surface area contributed by atoms with E-state index in [0.29, 0.717) is 0 Å². The Labute approximate surface area is 311 Å². The molecule has 1 aliphatic heterocycles. The fourth-order valence-electron chi connectivity index (χ4n) is 8.48. The SMILES string of the molecule is O=P1(c2ccccc2)c2ccccc2-c2c1ccc1c3ccccc3n(-c3ccc(N(c4ccccc4)c4ccc5c(c4)sc4ccccc45)cc3)c21. The summed E-state index contributed by atoms with van der Waals surface area (Å²) >= 11 is 1.84. The highest BCUT2D eigenvalue weighted by Crippen LogP contribution is 2.55. The van der Waals surface area contributed by atoms with Gasteiger partial charge in [0, 0.05) is 75.2 Å². The largest absolute Gasteiger partial charge is 0.310 e. The number of hydrogen-bond donors (Lipinski definition) is 0. The fraction of sp³-hybridized carbons (Fsp3) is 0. The highest BCUT2D eigenvalue weighted by atomic mass is 32.1. The average molecular weight is 715 g/mol. The van der Waals surface area contributed by atoms with Crippen molar-refractivity contribution in [3.63, 3.8) is 0 Å². The summed E-state index contributed by atoms with van der Waals surface area (Å²) in [6.07, 6.45) is 0. The van der Waals surface area contributed by atoms with Crippen LogP contribution in [-0.2, 0) is 4.57 Å². The number of benzene rings is 8. The van der Waals surface area contributed by atoms with Crippen LogP contribution in [0.5, 0.6) is 0 Å². The van der Waals surface area contributed by atoms with Gasteiger partial charge in [-0.15, -0.1) is 11.3 Å². The van der Waals surface area contributed by atoms with E-state index >= 15 is 4.57 Å². The molecule has 3 heterocycles. The lowest BCUT2D eigenvalue weighted by atomic mass is 10.0. The lowest BCUT2D eigenvalue weighted by Gasteiger charge is -2.26. The normalized spacial score (nSPS) is 14.9. The van der Waals surface area contributed by atoms with Crippen LogP contribution in [0.3, 0.4) is 0 Å². The van der Waals surface area contributed by atoms with Gasteiger partial charge in [-0.2, -0.15) is 0 Å². The van der Waals surface area contributed by atoms with Gasteiger partial charge in [-0.3, -0.25) is 0 Å². The third-order valence-electron chi connectivity index (χ3n) is 10.8. The molecule has 10 aromatic rings. The summed E-state index contributed by atoms with van der Waals surface area (Å²) in [6.45, 7) is 0. The summed E-state index contributed by atoms with van der Waals surface area (Å²) < 4.78 is 20.4. The fourth-order valence-corrected chi connectivity index (χ4v) is 12.7. The molecule has 0 N–H and O–H groups in total. The van der Waals surface area contributed by atoms with Crippen molar-refractivity contribution < 1.29 is 4.57 Å². The minimum atomic E-state index is -3.10. The summed E-state index contributed by atoms with van der Waals surface area (Å²) in [5, 5.41) is 7.61. The number of anilines is 3. The summed E-state index contributed by atoms with van der Waals surface area (Å²) in [5.41, 5.74) is 8.67. The molecular weight excluding hydrogens is 684 g/mol. The van der Waals surface area contributed by atoms with Crippen LogP contribution in [0.15, 0.2) is 188 Å². The van der Waals surface area contributed by atoms with Gasteiger partial charge in [0.15, 0.2) is 7.14 Å². The van der Waals surface area contributed by atoms with E-state index in [0.717, 1.165) is 66.2 Å². The highest BCUT2D eigenvalue weighted by Gasteiger charge is 2.41. The van der Waals surface area contributed by atoms with Crippen LogP contribution < -0.4 is 20.8 Å². The number of fused-ring (bicyclic) bond motifs is 10. The molecule has 11 rings (SSSR count). The van der Waals surface area contributed by atoms with Crippen LogP contribution in [0, 0.1) is 0 Å². The predicted octanol–water partition coefficient (Wildman–Crippen LogP) is 12.2. The molecule has 250 valence electrons. The number of para-hydroxylation sites is 2. The first-order valence-electron chi connectivity index (χ1n) is 17.9. The molecule has 1 aliphatic rings. The Balaban J connectivity index is 1.12. The Morgan fingerprint density at radius 1 is 0.472 bits per heavy atom. The molecule has 0 bridgehead atoms. The molecule has 0 fully saturated rings. The average Bonchev–Trinajstić information content (AvgIpc) is 3.85. The Hall–Kier alpha value is -6.19. The quantitative estimate of drug-likeness (QED) is 0.166. The zero-order chi connectivity index (χ0) is 35.1. The third kappa shape index (κ3) is 4.43. The second kappa shape index (κ2) is 11.7. The second-order valence-corrected chi connectivity index (χ2v) is 17.4. The van der Waals surface area contributed by atoms with E-state index in [1.807, 2.05) is 47.7 Å². The van der Waals surface area contributed by atoms with Crippen molar-refractivity contribution in [3.05, 3.63) is 188 Å². The molecule has 5 heteroatoms. The van der Waals surface area contributed by atoms with Gasteiger partial charge in [-0.1, -0.05) is 121 Å². The van der Waals surface area contributed by atoms with Crippen molar-refractivity contribution in [1.82, 2.24) is 4.57 Å².